The number of carbonyl (C=O) groups excluding carboxylic acids is 2. The number of hydrogen-bond acceptors (Lipinski definition) is 4. The fraction of sp³-hybridized carbons (Fsp3) is 0.750. The fourth-order valence-electron chi connectivity index (χ4n) is 1.19. The van der Waals surface area contributed by atoms with E-state index in [-0.39, 0.29) is 0 Å². The van der Waals surface area contributed by atoms with Gasteiger partial charge in [0.25, 0.3) is 0 Å². The molecule has 1 rings (SSSR count). The fourth-order valence-corrected chi connectivity index (χ4v) is 2.47. The zero-order valence-electron chi connectivity index (χ0n) is 8.49. The van der Waals surface area contributed by atoms with Gasteiger partial charge < -0.3 is 11.1 Å². The molecule has 3 amide bonds. The Morgan fingerprint density at radius 2 is 2.20 bits per heavy atom. The van der Waals surface area contributed by atoms with E-state index in [1.54, 1.807) is 0 Å². The Bertz CT molecular complexity index is 291. The minimum absolute atomic E-state index is 0.370. The van der Waals surface area contributed by atoms with Crippen LogP contribution < -0.4 is 16.4 Å². The van der Waals surface area contributed by atoms with Crippen LogP contribution in [0.25, 0.3) is 0 Å². The van der Waals surface area contributed by atoms with E-state index in [9.17, 15) is 13.8 Å². The molecule has 7 heteroatoms. The quantitative estimate of drug-likeness (QED) is 0.552. The van der Waals surface area contributed by atoms with Crippen LogP contribution in [-0.2, 0) is 15.6 Å². The van der Waals surface area contributed by atoms with Gasteiger partial charge in [0.2, 0.25) is 5.91 Å². The Morgan fingerprint density at radius 3 is 2.60 bits per heavy atom. The number of primary amides is 1. The molecule has 0 aliphatic carbocycles. The summed E-state index contributed by atoms with van der Waals surface area (Å²) < 4.78 is 11.6. The topological polar surface area (TPSA) is 101 Å². The van der Waals surface area contributed by atoms with E-state index in [2.05, 4.69) is 5.32 Å². The third-order valence-electron chi connectivity index (χ3n) is 2.28. The second-order valence-electron chi connectivity index (χ2n) is 3.57. The van der Waals surface area contributed by atoms with Gasteiger partial charge in [-0.2, -0.15) is 0 Å². The van der Waals surface area contributed by atoms with Gasteiger partial charge in [-0.3, -0.25) is 14.3 Å². The van der Waals surface area contributed by atoms with Crippen LogP contribution in [0.1, 0.15) is 6.92 Å². The van der Waals surface area contributed by atoms with Gasteiger partial charge in [0.05, 0.1) is 0 Å². The lowest BCUT2D eigenvalue weighted by molar-refractivity contribution is -0.119. The number of hydrogen-bond donors (Lipinski definition) is 3. The second-order valence-corrected chi connectivity index (χ2v) is 5.37. The van der Waals surface area contributed by atoms with Crippen LogP contribution in [0.5, 0.6) is 0 Å². The highest BCUT2D eigenvalue weighted by molar-refractivity contribution is 7.86. The van der Waals surface area contributed by atoms with Crippen molar-refractivity contribution in [2.45, 2.75) is 12.2 Å². The second kappa shape index (κ2) is 5.22. The van der Waals surface area contributed by atoms with Gasteiger partial charge in [-0.05, 0) is 12.8 Å². The maximum atomic E-state index is 11.6. The largest absolute Gasteiger partial charge is 0.351 e. The van der Waals surface area contributed by atoms with Gasteiger partial charge in [-0.1, -0.05) is 0 Å². The Morgan fingerprint density at radius 1 is 1.60 bits per heavy atom. The van der Waals surface area contributed by atoms with Crippen molar-refractivity contribution in [3.05, 3.63) is 0 Å². The maximum Gasteiger partial charge on any atom is 0.318 e. The summed E-state index contributed by atoms with van der Waals surface area (Å²) in [5.74, 6) is 0.281. The van der Waals surface area contributed by atoms with Crippen LogP contribution in [0, 0.1) is 5.92 Å². The molecule has 1 aliphatic heterocycles. The minimum Gasteiger partial charge on any atom is -0.351 e. The Hall–Kier alpha value is -0.950. The number of nitrogens with two attached hydrogens (primary N) is 1. The SMILES string of the molecule is CC(C(=O)NC(N)=O)S(=O)CC1CNC1. The van der Waals surface area contributed by atoms with E-state index in [1.807, 2.05) is 5.32 Å². The molecular formula is C8H15N3O3S. The van der Waals surface area contributed by atoms with Crippen molar-refractivity contribution >= 4 is 22.7 Å². The van der Waals surface area contributed by atoms with Gasteiger partial charge in [0, 0.05) is 29.6 Å². The van der Waals surface area contributed by atoms with Gasteiger partial charge in [0.1, 0.15) is 5.25 Å². The summed E-state index contributed by atoms with van der Waals surface area (Å²) in [5, 5.41) is 4.29. The number of carbonyl (C=O) groups is 2. The smallest absolute Gasteiger partial charge is 0.318 e. The first-order valence-corrected chi connectivity index (χ1v) is 6.07. The number of imide groups is 1. The van der Waals surface area contributed by atoms with Crippen LogP contribution in [-0.4, -0.2) is 40.2 Å². The molecule has 0 aromatic heterocycles. The summed E-state index contributed by atoms with van der Waals surface area (Å²) in [5.41, 5.74) is 4.79. The van der Waals surface area contributed by atoms with Crippen LogP contribution in [0.15, 0.2) is 0 Å². The molecule has 4 N–H and O–H groups in total. The predicted molar refractivity (Wildman–Crippen MR) is 56.6 cm³/mol. The predicted octanol–water partition coefficient (Wildman–Crippen LogP) is -1.46. The van der Waals surface area contributed by atoms with E-state index >= 15 is 0 Å². The molecule has 6 nitrogen and oxygen atoms in total. The number of urea groups is 1. The van der Waals surface area contributed by atoms with E-state index < -0.39 is 28.0 Å². The van der Waals surface area contributed by atoms with Crippen molar-refractivity contribution in [3.63, 3.8) is 0 Å². The lowest BCUT2D eigenvalue weighted by Gasteiger charge is -2.27. The average molecular weight is 233 g/mol. The summed E-state index contributed by atoms with van der Waals surface area (Å²) in [4.78, 5) is 21.7. The van der Waals surface area contributed by atoms with E-state index in [0.717, 1.165) is 13.1 Å². The minimum atomic E-state index is -1.25. The summed E-state index contributed by atoms with van der Waals surface area (Å²) in [7, 11) is -1.25. The van der Waals surface area contributed by atoms with Crippen LogP contribution in [0.4, 0.5) is 4.79 Å². The van der Waals surface area contributed by atoms with Crippen molar-refractivity contribution in [1.29, 1.82) is 0 Å². The molecule has 1 fully saturated rings. The van der Waals surface area contributed by atoms with Crippen molar-refractivity contribution in [2.24, 2.45) is 11.7 Å². The first kappa shape index (κ1) is 12.1. The van der Waals surface area contributed by atoms with Crippen molar-refractivity contribution in [3.8, 4) is 0 Å². The molecule has 2 unspecified atom stereocenters. The van der Waals surface area contributed by atoms with Crippen LogP contribution in [0.2, 0.25) is 0 Å². The molecule has 0 aromatic carbocycles. The van der Waals surface area contributed by atoms with Crippen molar-refractivity contribution in [1.82, 2.24) is 10.6 Å². The Labute approximate surface area is 90.4 Å². The highest BCUT2D eigenvalue weighted by atomic mass is 32.2. The first-order valence-electron chi connectivity index (χ1n) is 4.69. The summed E-state index contributed by atoms with van der Waals surface area (Å²) >= 11 is 0. The van der Waals surface area contributed by atoms with Crippen LogP contribution >= 0.6 is 0 Å². The third-order valence-corrected chi connectivity index (χ3v) is 4.08. The Kier molecular flexibility index (Phi) is 4.22. The average Bonchev–Trinajstić information content (AvgIpc) is 2.08. The number of rotatable bonds is 4. The molecule has 0 bridgehead atoms. The number of amides is 3. The normalized spacial score (nSPS) is 20.1. The zero-order chi connectivity index (χ0) is 11.4. The lowest BCUT2D eigenvalue weighted by atomic mass is 10.1. The molecular weight excluding hydrogens is 218 g/mol. The molecule has 1 saturated heterocycles. The summed E-state index contributed by atoms with van der Waals surface area (Å²) in [6, 6.07) is -0.908. The van der Waals surface area contributed by atoms with Crippen molar-refractivity contribution in [2.75, 3.05) is 18.8 Å². The van der Waals surface area contributed by atoms with Crippen LogP contribution in [0.3, 0.4) is 0 Å². The molecule has 15 heavy (non-hydrogen) atoms. The highest BCUT2D eigenvalue weighted by Gasteiger charge is 2.26. The Balaban J connectivity index is 2.36. The van der Waals surface area contributed by atoms with E-state index in [1.165, 1.54) is 6.92 Å². The van der Waals surface area contributed by atoms with Gasteiger partial charge >= 0.3 is 6.03 Å². The zero-order valence-corrected chi connectivity index (χ0v) is 9.30. The monoisotopic (exact) mass is 233 g/mol. The van der Waals surface area contributed by atoms with Gasteiger partial charge in [-0.15, -0.1) is 0 Å². The maximum absolute atomic E-state index is 11.6. The molecule has 86 valence electrons. The standard InChI is InChI=1S/C8H15N3O3S/c1-5(7(12)11-8(9)13)15(14)4-6-2-10-3-6/h5-6,10H,2-4H2,1H3,(H3,9,11,12,13). The molecule has 0 spiro atoms. The molecule has 0 aromatic rings. The number of nitrogens with one attached hydrogen (secondary N) is 2. The highest BCUT2D eigenvalue weighted by Crippen LogP contribution is 2.08. The summed E-state index contributed by atoms with van der Waals surface area (Å²) in [6.07, 6.45) is 0. The molecule has 1 heterocycles. The molecule has 2 atom stereocenters. The molecule has 1 aliphatic rings. The summed E-state index contributed by atoms with van der Waals surface area (Å²) in [6.45, 7) is 3.21. The van der Waals surface area contributed by atoms with E-state index in [0.29, 0.717) is 11.7 Å². The lowest BCUT2D eigenvalue weighted by Crippen LogP contribution is -2.48. The van der Waals surface area contributed by atoms with E-state index in [4.69, 9.17) is 5.73 Å². The van der Waals surface area contributed by atoms with Gasteiger partial charge in [-0.25, -0.2) is 4.79 Å². The van der Waals surface area contributed by atoms with Crippen molar-refractivity contribution < 1.29 is 13.8 Å². The first-order chi connectivity index (χ1) is 7.00. The molecule has 0 saturated carbocycles. The molecule has 0 radical (unpaired) electrons. The van der Waals surface area contributed by atoms with Gasteiger partial charge in [0.15, 0.2) is 0 Å². The third kappa shape index (κ3) is 3.60.